The number of phenolic OH excluding ortho intramolecular Hbond substituents is 1. The van der Waals surface area contributed by atoms with E-state index in [1.165, 1.54) is 6.07 Å². The molecular formula is C16H21Cl3N2O3. The van der Waals surface area contributed by atoms with E-state index < -0.39 is 5.91 Å². The zero-order chi connectivity index (χ0) is 17.9. The molecule has 1 amide bonds. The number of morpholine rings is 1. The molecule has 1 aromatic carbocycles. The molecule has 5 nitrogen and oxygen atoms in total. The van der Waals surface area contributed by atoms with E-state index in [-0.39, 0.29) is 32.5 Å². The van der Waals surface area contributed by atoms with Crippen molar-refractivity contribution in [1.29, 1.82) is 0 Å². The lowest BCUT2D eigenvalue weighted by atomic mass is 10.1. The van der Waals surface area contributed by atoms with Gasteiger partial charge in [0, 0.05) is 26.2 Å². The Labute approximate surface area is 156 Å². The van der Waals surface area contributed by atoms with Crippen molar-refractivity contribution in [2.75, 3.05) is 32.8 Å². The van der Waals surface area contributed by atoms with Crippen LogP contribution in [0.2, 0.25) is 15.1 Å². The Balaban J connectivity index is 1.99. The normalized spacial score (nSPS) is 18.8. The van der Waals surface area contributed by atoms with Crippen LogP contribution in [0.3, 0.4) is 0 Å². The van der Waals surface area contributed by atoms with Gasteiger partial charge < -0.3 is 15.2 Å². The van der Waals surface area contributed by atoms with Gasteiger partial charge in [-0.2, -0.15) is 0 Å². The highest BCUT2D eigenvalue weighted by atomic mass is 35.5. The molecule has 0 radical (unpaired) electrons. The molecule has 1 aliphatic heterocycles. The van der Waals surface area contributed by atoms with E-state index in [0.29, 0.717) is 19.1 Å². The van der Waals surface area contributed by atoms with Crippen LogP contribution in [0, 0.1) is 5.92 Å². The van der Waals surface area contributed by atoms with E-state index in [1.807, 2.05) is 0 Å². The summed E-state index contributed by atoms with van der Waals surface area (Å²) in [5, 5.41) is 12.8. The van der Waals surface area contributed by atoms with E-state index in [1.54, 1.807) is 0 Å². The maximum atomic E-state index is 12.4. The van der Waals surface area contributed by atoms with E-state index in [9.17, 15) is 9.90 Å². The first kappa shape index (κ1) is 19.6. The third-order valence-electron chi connectivity index (χ3n) is 3.71. The summed E-state index contributed by atoms with van der Waals surface area (Å²) in [7, 11) is 0. The third kappa shape index (κ3) is 4.90. The molecule has 0 saturated carbocycles. The molecule has 1 atom stereocenters. The number of halogens is 3. The van der Waals surface area contributed by atoms with Crippen molar-refractivity contribution in [2.24, 2.45) is 5.92 Å². The zero-order valence-electron chi connectivity index (χ0n) is 13.6. The van der Waals surface area contributed by atoms with Gasteiger partial charge in [-0.15, -0.1) is 0 Å². The minimum Gasteiger partial charge on any atom is -0.505 e. The lowest BCUT2D eigenvalue weighted by Gasteiger charge is -2.34. The number of nitrogens with zero attached hydrogens (tertiary/aromatic N) is 1. The Morgan fingerprint density at radius 1 is 1.42 bits per heavy atom. The number of aromatic hydroxyl groups is 1. The average molecular weight is 396 g/mol. The molecule has 134 valence electrons. The van der Waals surface area contributed by atoms with Crippen molar-refractivity contribution in [2.45, 2.75) is 20.0 Å². The Bertz CT molecular complexity index is 584. The minimum absolute atomic E-state index is 0.0217. The molecule has 2 rings (SSSR count). The molecule has 0 bridgehead atoms. The van der Waals surface area contributed by atoms with Gasteiger partial charge in [-0.25, -0.2) is 0 Å². The molecule has 0 aliphatic carbocycles. The van der Waals surface area contributed by atoms with Crippen LogP contribution < -0.4 is 5.32 Å². The molecular weight excluding hydrogens is 375 g/mol. The van der Waals surface area contributed by atoms with Gasteiger partial charge in [0.1, 0.15) is 11.3 Å². The standard InChI is InChI=1S/C16H21Cl3N2O3/c1-9(2)7-21-3-4-24-10(8-21)6-20-16(23)13-14(19)11(17)5-12(18)15(13)22/h5,9-10,22H,3-4,6-8H2,1-2H3,(H,20,23). The molecule has 1 heterocycles. The fourth-order valence-corrected chi connectivity index (χ4v) is 3.37. The maximum Gasteiger partial charge on any atom is 0.256 e. The summed E-state index contributed by atoms with van der Waals surface area (Å²) < 4.78 is 5.68. The van der Waals surface area contributed by atoms with Crippen molar-refractivity contribution in [3.05, 3.63) is 26.7 Å². The SMILES string of the molecule is CC(C)CN1CCOC(CNC(=O)c2c(O)c(Cl)cc(Cl)c2Cl)C1. The summed E-state index contributed by atoms with van der Waals surface area (Å²) >= 11 is 17.8. The quantitative estimate of drug-likeness (QED) is 0.750. The number of rotatable bonds is 5. The molecule has 1 saturated heterocycles. The van der Waals surface area contributed by atoms with Gasteiger partial charge in [0.15, 0.2) is 0 Å². The van der Waals surface area contributed by atoms with E-state index in [4.69, 9.17) is 39.5 Å². The number of nitrogens with one attached hydrogen (secondary N) is 1. The van der Waals surface area contributed by atoms with Crippen molar-refractivity contribution >= 4 is 40.7 Å². The second-order valence-corrected chi connectivity index (χ2v) is 7.43. The molecule has 0 spiro atoms. The Hall–Kier alpha value is -0.720. The fourth-order valence-electron chi connectivity index (χ4n) is 2.67. The van der Waals surface area contributed by atoms with Gasteiger partial charge in [-0.3, -0.25) is 9.69 Å². The summed E-state index contributed by atoms with van der Waals surface area (Å²) in [6, 6.07) is 1.30. The van der Waals surface area contributed by atoms with Gasteiger partial charge >= 0.3 is 0 Å². The van der Waals surface area contributed by atoms with Crippen molar-refractivity contribution in [1.82, 2.24) is 10.2 Å². The number of hydrogen-bond donors (Lipinski definition) is 2. The largest absolute Gasteiger partial charge is 0.505 e. The lowest BCUT2D eigenvalue weighted by molar-refractivity contribution is -0.0295. The topological polar surface area (TPSA) is 61.8 Å². The number of benzene rings is 1. The van der Waals surface area contributed by atoms with Crippen LogP contribution in [-0.2, 0) is 4.74 Å². The van der Waals surface area contributed by atoms with Gasteiger partial charge in [0.05, 0.1) is 27.8 Å². The number of amides is 1. The smallest absolute Gasteiger partial charge is 0.256 e. The minimum atomic E-state index is -0.536. The Morgan fingerprint density at radius 2 is 2.12 bits per heavy atom. The average Bonchev–Trinajstić information content (AvgIpc) is 2.51. The highest BCUT2D eigenvalue weighted by Crippen LogP contribution is 2.38. The van der Waals surface area contributed by atoms with Crippen molar-refractivity contribution < 1.29 is 14.6 Å². The number of phenols is 1. The Kier molecular flexibility index (Phi) is 7.01. The van der Waals surface area contributed by atoms with Crippen LogP contribution >= 0.6 is 34.8 Å². The van der Waals surface area contributed by atoms with Crippen LogP contribution in [0.25, 0.3) is 0 Å². The summed E-state index contributed by atoms with van der Waals surface area (Å²) in [4.78, 5) is 14.7. The molecule has 1 fully saturated rings. The van der Waals surface area contributed by atoms with Gasteiger partial charge in [0.2, 0.25) is 0 Å². The maximum absolute atomic E-state index is 12.4. The highest BCUT2D eigenvalue weighted by molar-refractivity contribution is 6.45. The Morgan fingerprint density at radius 3 is 2.79 bits per heavy atom. The van der Waals surface area contributed by atoms with E-state index >= 15 is 0 Å². The first-order valence-electron chi connectivity index (χ1n) is 7.78. The number of hydrogen-bond acceptors (Lipinski definition) is 4. The van der Waals surface area contributed by atoms with Crippen molar-refractivity contribution in [3.8, 4) is 5.75 Å². The lowest BCUT2D eigenvalue weighted by Crippen LogP contribution is -2.48. The van der Waals surface area contributed by atoms with Gasteiger partial charge in [-0.05, 0) is 12.0 Å². The van der Waals surface area contributed by atoms with Crippen LogP contribution in [0.15, 0.2) is 6.07 Å². The molecule has 24 heavy (non-hydrogen) atoms. The first-order chi connectivity index (χ1) is 11.3. The number of carbonyl (C=O) groups excluding carboxylic acids is 1. The zero-order valence-corrected chi connectivity index (χ0v) is 15.9. The third-order valence-corrected chi connectivity index (χ3v) is 4.78. The summed E-state index contributed by atoms with van der Waals surface area (Å²) in [6.07, 6.45) is -0.114. The summed E-state index contributed by atoms with van der Waals surface area (Å²) in [5.74, 6) is -0.344. The molecule has 1 aromatic rings. The van der Waals surface area contributed by atoms with Crippen LogP contribution in [0.4, 0.5) is 0 Å². The molecule has 0 aromatic heterocycles. The second-order valence-electron chi connectivity index (χ2n) is 6.23. The van der Waals surface area contributed by atoms with Gasteiger partial charge in [-0.1, -0.05) is 48.7 Å². The molecule has 2 N–H and O–H groups in total. The second kappa shape index (κ2) is 8.59. The molecule has 8 heteroatoms. The van der Waals surface area contributed by atoms with E-state index in [0.717, 1.165) is 19.6 Å². The molecule has 1 aliphatic rings. The summed E-state index contributed by atoms with van der Waals surface area (Å²) in [5.41, 5.74) is -0.121. The van der Waals surface area contributed by atoms with E-state index in [2.05, 4.69) is 24.1 Å². The molecule has 1 unspecified atom stereocenters. The highest BCUT2D eigenvalue weighted by Gasteiger charge is 2.24. The van der Waals surface area contributed by atoms with Gasteiger partial charge in [0.25, 0.3) is 5.91 Å². The monoisotopic (exact) mass is 394 g/mol. The van der Waals surface area contributed by atoms with Crippen LogP contribution in [-0.4, -0.2) is 54.8 Å². The summed E-state index contributed by atoms with van der Waals surface area (Å²) in [6.45, 7) is 7.90. The van der Waals surface area contributed by atoms with Crippen molar-refractivity contribution in [3.63, 3.8) is 0 Å². The predicted molar refractivity (Wildman–Crippen MR) is 96.5 cm³/mol. The van der Waals surface area contributed by atoms with Crippen LogP contribution in [0.5, 0.6) is 5.75 Å². The number of carbonyl (C=O) groups is 1. The van der Waals surface area contributed by atoms with Crippen LogP contribution in [0.1, 0.15) is 24.2 Å². The first-order valence-corrected chi connectivity index (χ1v) is 8.91. The number of ether oxygens (including phenoxy) is 1. The fraction of sp³-hybridized carbons (Fsp3) is 0.562. The predicted octanol–water partition coefficient (Wildman–Crippen LogP) is 3.44.